The van der Waals surface area contributed by atoms with E-state index in [1.165, 1.54) is 11.1 Å². The summed E-state index contributed by atoms with van der Waals surface area (Å²) in [5.74, 6) is 1.70. The number of rotatable bonds is 4. The Labute approximate surface area is 159 Å². The summed E-state index contributed by atoms with van der Waals surface area (Å²) in [5, 5.41) is 7.77. The number of fused-ring (bicyclic) bond motifs is 1. The van der Waals surface area contributed by atoms with Crippen LogP contribution >= 0.6 is 24.0 Å². The molecule has 0 fully saturated rings. The predicted molar refractivity (Wildman–Crippen MR) is 109 cm³/mol. The highest BCUT2D eigenvalue weighted by molar-refractivity contribution is 14.0. The van der Waals surface area contributed by atoms with Gasteiger partial charge in [0.25, 0.3) is 0 Å². The first-order chi connectivity index (χ1) is 11.2. The number of halogens is 1. The summed E-state index contributed by atoms with van der Waals surface area (Å²) in [5.41, 5.74) is 3.32. The Balaban J connectivity index is 0.00000208. The fourth-order valence-corrected chi connectivity index (χ4v) is 2.63. The van der Waals surface area contributed by atoms with Gasteiger partial charge in [-0.05, 0) is 24.6 Å². The molecule has 24 heavy (non-hydrogen) atoms. The minimum absolute atomic E-state index is 0. The maximum atomic E-state index is 5.91. The van der Waals surface area contributed by atoms with Gasteiger partial charge in [0.1, 0.15) is 11.3 Å². The number of para-hydroxylation sites is 1. The molecule has 3 rings (SSSR count). The highest BCUT2D eigenvalue weighted by Crippen LogP contribution is 2.24. The quantitative estimate of drug-likeness (QED) is 0.372. The SMILES string of the molecule is CN=C(NCc1ccn(C)c1)NCc1oc2ccccc2c1C.I. The number of hydrogen-bond donors (Lipinski definition) is 2. The molecule has 0 unspecified atom stereocenters. The van der Waals surface area contributed by atoms with Crippen LogP contribution in [0.15, 0.2) is 52.1 Å². The fourth-order valence-electron chi connectivity index (χ4n) is 2.63. The third-order valence-electron chi connectivity index (χ3n) is 3.94. The smallest absolute Gasteiger partial charge is 0.191 e. The van der Waals surface area contributed by atoms with E-state index in [2.05, 4.69) is 40.9 Å². The largest absolute Gasteiger partial charge is 0.459 e. The molecule has 0 saturated carbocycles. The first-order valence-corrected chi connectivity index (χ1v) is 7.69. The maximum absolute atomic E-state index is 5.91. The Bertz CT molecular complexity index is 835. The molecule has 0 bridgehead atoms. The van der Waals surface area contributed by atoms with E-state index < -0.39 is 0 Å². The number of nitrogens with zero attached hydrogens (tertiary/aromatic N) is 2. The van der Waals surface area contributed by atoms with E-state index in [0.717, 1.165) is 29.2 Å². The highest BCUT2D eigenvalue weighted by Gasteiger charge is 2.10. The van der Waals surface area contributed by atoms with Crippen molar-refractivity contribution in [1.82, 2.24) is 15.2 Å². The molecule has 0 spiro atoms. The van der Waals surface area contributed by atoms with Crippen LogP contribution in [-0.2, 0) is 20.1 Å². The fraction of sp³-hybridized carbons (Fsp3) is 0.278. The van der Waals surface area contributed by atoms with E-state index in [9.17, 15) is 0 Å². The molecule has 3 aromatic rings. The van der Waals surface area contributed by atoms with Crippen molar-refractivity contribution >= 4 is 40.9 Å². The number of aryl methyl sites for hydroxylation is 2. The van der Waals surface area contributed by atoms with Gasteiger partial charge in [-0.15, -0.1) is 24.0 Å². The topological polar surface area (TPSA) is 54.5 Å². The molecule has 1 aromatic carbocycles. The van der Waals surface area contributed by atoms with Crippen LogP contribution < -0.4 is 10.6 Å². The van der Waals surface area contributed by atoms with Crippen molar-refractivity contribution in [3.05, 3.63) is 59.6 Å². The number of nitrogens with one attached hydrogen (secondary N) is 2. The van der Waals surface area contributed by atoms with Crippen molar-refractivity contribution in [2.75, 3.05) is 7.05 Å². The van der Waals surface area contributed by atoms with E-state index in [1.807, 2.05) is 36.0 Å². The zero-order chi connectivity index (χ0) is 16.2. The third kappa shape index (κ3) is 4.11. The number of furan rings is 1. The molecule has 0 radical (unpaired) electrons. The predicted octanol–water partition coefficient (Wildman–Crippen LogP) is 3.56. The number of guanidine groups is 1. The molecule has 0 aliphatic rings. The van der Waals surface area contributed by atoms with Crippen LogP contribution in [0.2, 0.25) is 0 Å². The Hall–Kier alpha value is -1.96. The zero-order valence-corrected chi connectivity index (χ0v) is 16.5. The van der Waals surface area contributed by atoms with Gasteiger partial charge in [0.15, 0.2) is 5.96 Å². The van der Waals surface area contributed by atoms with Gasteiger partial charge >= 0.3 is 0 Å². The average Bonchev–Trinajstić information content (AvgIpc) is 3.12. The summed E-state index contributed by atoms with van der Waals surface area (Å²) < 4.78 is 7.94. The monoisotopic (exact) mass is 438 g/mol. The van der Waals surface area contributed by atoms with Crippen LogP contribution in [0, 0.1) is 6.92 Å². The average molecular weight is 438 g/mol. The maximum Gasteiger partial charge on any atom is 0.191 e. The van der Waals surface area contributed by atoms with Crippen LogP contribution in [0.3, 0.4) is 0 Å². The highest BCUT2D eigenvalue weighted by atomic mass is 127. The van der Waals surface area contributed by atoms with Crippen molar-refractivity contribution in [3.63, 3.8) is 0 Å². The van der Waals surface area contributed by atoms with E-state index in [-0.39, 0.29) is 24.0 Å². The number of aliphatic imine (C=N–C) groups is 1. The minimum Gasteiger partial charge on any atom is -0.459 e. The summed E-state index contributed by atoms with van der Waals surface area (Å²) in [4.78, 5) is 4.25. The number of benzene rings is 1. The molecule has 2 heterocycles. The number of hydrogen-bond acceptors (Lipinski definition) is 2. The molecule has 0 aliphatic carbocycles. The van der Waals surface area contributed by atoms with Gasteiger partial charge in [-0.25, -0.2) is 0 Å². The lowest BCUT2D eigenvalue weighted by Gasteiger charge is -2.10. The number of aromatic nitrogens is 1. The van der Waals surface area contributed by atoms with Crippen LogP contribution in [0.5, 0.6) is 0 Å². The molecule has 0 atom stereocenters. The Kier molecular flexibility index (Phi) is 6.30. The first-order valence-electron chi connectivity index (χ1n) is 7.69. The van der Waals surface area contributed by atoms with E-state index in [0.29, 0.717) is 6.54 Å². The standard InChI is InChI=1S/C18H22N4O.HI/c1-13-15-6-4-5-7-16(15)23-17(13)11-21-18(19-2)20-10-14-8-9-22(3)12-14;/h4-9,12H,10-11H2,1-3H3,(H2,19,20,21);1H. The van der Waals surface area contributed by atoms with Gasteiger partial charge in [0, 0.05) is 44.0 Å². The molecule has 2 N–H and O–H groups in total. The van der Waals surface area contributed by atoms with Crippen molar-refractivity contribution < 1.29 is 4.42 Å². The second-order valence-electron chi connectivity index (χ2n) is 5.61. The Morgan fingerprint density at radius 3 is 2.58 bits per heavy atom. The second kappa shape index (κ2) is 8.23. The summed E-state index contributed by atoms with van der Waals surface area (Å²) in [6.07, 6.45) is 4.12. The van der Waals surface area contributed by atoms with Crippen LogP contribution in [-0.4, -0.2) is 17.6 Å². The molecule has 6 heteroatoms. The second-order valence-corrected chi connectivity index (χ2v) is 5.61. The summed E-state index contributed by atoms with van der Waals surface area (Å²) in [6, 6.07) is 10.2. The zero-order valence-electron chi connectivity index (χ0n) is 14.2. The third-order valence-corrected chi connectivity index (χ3v) is 3.94. The molecule has 0 amide bonds. The normalized spacial score (nSPS) is 11.4. The first kappa shape index (κ1) is 18.4. The minimum atomic E-state index is 0. The van der Waals surface area contributed by atoms with Crippen LogP contribution in [0.1, 0.15) is 16.9 Å². The van der Waals surface area contributed by atoms with E-state index in [4.69, 9.17) is 4.42 Å². The van der Waals surface area contributed by atoms with Crippen molar-refractivity contribution in [2.24, 2.45) is 12.0 Å². The lowest BCUT2D eigenvalue weighted by Crippen LogP contribution is -2.36. The summed E-state index contributed by atoms with van der Waals surface area (Å²) in [6.45, 7) is 3.43. The van der Waals surface area contributed by atoms with Crippen molar-refractivity contribution in [1.29, 1.82) is 0 Å². The van der Waals surface area contributed by atoms with Crippen molar-refractivity contribution in [2.45, 2.75) is 20.0 Å². The van der Waals surface area contributed by atoms with Gasteiger partial charge < -0.3 is 19.6 Å². The molecular formula is C18H23IN4O. The van der Waals surface area contributed by atoms with Crippen LogP contribution in [0.25, 0.3) is 11.0 Å². The van der Waals surface area contributed by atoms with Crippen molar-refractivity contribution in [3.8, 4) is 0 Å². The molecule has 128 valence electrons. The lowest BCUT2D eigenvalue weighted by molar-refractivity contribution is 0.534. The Morgan fingerprint density at radius 2 is 1.92 bits per heavy atom. The van der Waals surface area contributed by atoms with Gasteiger partial charge in [-0.2, -0.15) is 0 Å². The summed E-state index contributed by atoms with van der Waals surface area (Å²) in [7, 11) is 3.78. The Morgan fingerprint density at radius 1 is 1.17 bits per heavy atom. The van der Waals surface area contributed by atoms with Gasteiger partial charge in [0.2, 0.25) is 0 Å². The van der Waals surface area contributed by atoms with Gasteiger partial charge in [-0.3, -0.25) is 4.99 Å². The molecule has 2 aromatic heterocycles. The molecular weight excluding hydrogens is 415 g/mol. The molecule has 5 nitrogen and oxygen atoms in total. The van der Waals surface area contributed by atoms with E-state index >= 15 is 0 Å². The van der Waals surface area contributed by atoms with Gasteiger partial charge in [0.05, 0.1) is 6.54 Å². The lowest BCUT2D eigenvalue weighted by atomic mass is 10.1. The van der Waals surface area contributed by atoms with Gasteiger partial charge in [-0.1, -0.05) is 18.2 Å². The van der Waals surface area contributed by atoms with Crippen LogP contribution in [0.4, 0.5) is 0 Å². The molecule has 0 aliphatic heterocycles. The summed E-state index contributed by atoms with van der Waals surface area (Å²) >= 11 is 0. The molecule has 0 saturated heterocycles. The van der Waals surface area contributed by atoms with E-state index in [1.54, 1.807) is 7.05 Å².